The highest BCUT2D eigenvalue weighted by molar-refractivity contribution is 9.10. The number of rotatable bonds is 3. The second kappa shape index (κ2) is 7.61. The van der Waals surface area contributed by atoms with Gasteiger partial charge in [0.25, 0.3) is 0 Å². The summed E-state index contributed by atoms with van der Waals surface area (Å²) in [7, 11) is 0. The predicted octanol–water partition coefficient (Wildman–Crippen LogP) is 4.21. The molecule has 3 rings (SSSR count). The minimum atomic E-state index is -0.514. The number of carbonyl (C=O) groups excluding carboxylic acids is 2. The zero-order valence-electron chi connectivity index (χ0n) is 14.3. The molecule has 1 atom stereocenters. The normalized spacial score (nSPS) is 11.8. The highest BCUT2D eigenvalue weighted by atomic mass is 79.9. The molecule has 1 aromatic heterocycles. The first-order chi connectivity index (χ1) is 12.5. The summed E-state index contributed by atoms with van der Waals surface area (Å²) in [5.74, 6) is -0.338. The number of hydrogen-bond donors (Lipinski definition) is 3. The second-order valence-corrected chi connectivity index (χ2v) is 6.80. The molecular weight excluding hydrogens is 398 g/mol. The SMILES string of the molecule is Cc1c(C(=O)NNC(=O)NC(C)c2cccc(Br)c2)oc2ccccc12. The summed E-state index contributed by atoms with van der Waals surface area (Å²) in [6.07, 6.45) is 0. The number of fused-ring (bicyclic) bond motifs is 1. The average Bonchev–Trinajstić information content (AvgIpc) is 2.97. The number of nitrogens with one attached hydrogen (secondary N) is 3. The van der Waals surface area contributed by atoms with Crippen molar-refractivity contribution in [1.82, 2.24) is 16.2 Å². The zero-order chi connectivity index (χ0) is 18.7. The van der Waals surface area contributed by atoms with Crippen LogP contribution >= 0.6 is 15.9 Å². The number of carbonyl (C=O) groups is 2. The van der Waals surface area contributed by atoms with Gasteiger partial charge < -0.3 is 9.73 Å². The first-order valence-electron chi connectivity index (χ1n) is 8.06. The molecule has 0 radical (unpaired) electrons. The maximum Gasteiger partial charge on any atom is 0.333 e. The molecule has 0 saturated carbocycles. The Bertz CT molecular complexity index is 968. The minimum Gasteiger partial charge on any atom is -0.451 e. The van der Waals surface area contributed by atoms with Gasteiger partial charge in [0, 0.05) is 15.4 Å². The molecule has 2 aromatic carbocycles. The molecule has 0 fully saturated rings. The lowest BCUT2D eigenvalue weighted by molar-refractivity contribution is 0.0909. The molecule has 0 saturated heterocycles. The summed E-state index contributed by atoms with van der Waals surface area (Å²) < 4.78 is 6.50. The lowest BCUT2D eigenvalue weighted by atomic mass is 10.1. The van der Waals surface area contributed by atoms with Gasteiger partial charge in [-0.1, -0.05) is 46.3 Å². The maximum atomic E-state index is 12.3. The third-order valence-electron chi connectivity index (χ3n) is 4.04. The molecule has 0 aliphatic heterocycles. The van der Waals surface area contributed by atoms with E-state index in [4.69, 9.17) is 4.42 Å². The molecule has 3 amide bonds. The van der Waals surface area contributed by atoms with Crippen LogP contribution in [0.1, 0.15) is 34.6 Å². The van der Waals surface area contributed by atoms with Gasteiger partial charge in [-0.2, -0.15) is 0 Å². The van der Waals surface area contributed by atoms with Gasteiger partial charge in [-0.25, -0.2) is 10.2 Å². The Kier molecular flexibility index (Phi) is 5.27. The number of benzene rings is 2. The Morgan fingerprint density at radius 2 is 1.85 bits per heavy atom. The average molecular weight is 416 g/mol. The molecular formula is C19H18BrN3O3. The highest BCUT2D eigenvalue weighted by Gasteiger charge is 2.18. The standard InChI is InChI=1S/C19H18BrN3O3/c1-11-15-8-3-4-9-16(15)26-17(11)18(24)22-23-19(25)21-12(2)13-6-5-7-14(20)10-13/h3-10,12H,1-2H3,(H,22,24)(H2,21,23,25). The van der Waals surface area contributed by atoms with Gasteiger partial charge in [0.2, 0.25) is 0 Å². The molecule has 0 spiro atoms. The van der Waals surface area contributed by atoms with Crippen LogP contribution < -0.4 is 16.2 Å². The molecule has 26 heavy (non-hydrogen) atoms. The number of furan rings is 1. The van der Waals surface area contributed by atoms with Crippen molar-refractivity contribution in [3.8, 4) is 0 Å². The van der Waals surface area contributed by atoms with Crippen molar-refractivity contribution in [3.63, 3.8) is 0 Å². The first kappa shape index (κ1) is 18.0. The van der Waals surface area contributed by atoms with Crippen molar-refractivity contribution >= 4 is 38.8 Å². The van der Waals surface area contributed by atoms with E-state index in [0.29, 0.717) is 5.58 Å². The van der Waals surface area contributed by atoms with Crippen LogP contribution in [0.15, 0.2) is 57.4 Å². The summed E-state index contributed by atoms with van der Waals surface area (Å²) in [4.78, 5) is 24.3. The van der Waals surface area contributed by atoms with Crippen molar-refractivity contribution in [3.05, 3.63) is 69.9 Å². The number of halogens is 1. The van der Waals surface area contributed by atoms with Crippen LogP contribution in [0, 0.1) is 6.92 Å². The molecule has 134 valence electrons. The number of hydrogen-bond acceptors (Lipinski definition) is 3. The first-order valence-corrected chi connectivity index (χ1v) is 8.85. The third kappa shape index (κ3) is 3.88. The molecule has 1 unspecified atom stereocenters. The molecule has 0 aliphatic carbocycles. The van der Waals surface area contributed by atoms with E-state index in [0.717, 1.165) is 21.0 Å². The largest absolute Gasteiger partial charge is 0.451 e. The van der Waals surface area contributed by atoms with Crippen LogP contribution in [0.5, 0.6) is 0 Å². The smallest absolute Gasteiger partial charge is 0.333 e. The predicted molar refractivity (Wildman–Crippen MR) is 103 cm³/mol. The summed E-state index contributed by atoms with van der Waals surface area (Å²) in [6, 6.07) is 14.3. The topological polar surface area (TPSA) is 83.4 Å². The Morgan fingerprint density at radius 1 is 1.08 bits per heavy atom. The van der Waals surface area contributed by atoms with E-state index in [2.05, 4.69) is 32.1 Å². The number of hydrazine groups is 1. The van der Waals surface area contributed by atoms with Crippen LogP contribution in [-0.2, 0) is 0 Å². The quantitative estimate of drug-likeness (QED) is 0.560. The van der Waals surface area contributed by atoms with E-state index < -0.39 is 11.9 Å². The third-order valence-corrected chi connectivity index (χ3v) is 4.53. The van der Waals surface area contributed by atoms with Gasteiger partial charge in [0.05, 0.1) is 6.04 Å². The van der Waals surface area contributed by atoms with Gasteiger partial charge >= 0.3 is 11.9 Å². The molecule has 6 nitrogen and oxygen atoms in total. The van der Waals surface area contributed by atoms with E-state index in [1.807, 2.05) is 49.4 Å². The van der Waals surface area contributed by atoms with E-state index in [-0.39, 0.29) is 11.8 Å². The van der Waals surface area contributed by atoms with E-state index >= 15 is 0 Å². The Hall–Kier alpha value is -2.80. The Balaban J connectivity index is 1.60. The number of amides is 3. The highest BCUT2D eigenvalue weighted by Crippen LogP contribution is 2.24. The van der Waals surface area contributed by atoms with E-state index in [9.17, 15) is 9.59 Å². The second-order valence-electron chi connectivity index (χ2n) is 5.88. The molecule has 7 heteroatoms. The molecule has 3 N–H and O–H groups in total. The number of urea groups is 1. The number of para-hydroxylation sites is 1. The molecule has 0 aliphatic rings. The van der Waals surface area contributed by atoms with Crippen LogP contribution in [0.4, 0.5) is 4.79 Å². The van der Waals surface area contributed by atoms with Crippen molar-refractivity contribution in [1.29, 1.82) is 0 Å². The summed E-state index contributed by atoms with van der Waals surface area (Å²) in [5.41, 5.74) is 7.00. The maximum absolute atomic E-state index is 12.3. The van der Waals surface area contributed by atoms with E-state index in [1.54, 1.807) is 13.0 Å². The Labute approximate surface area is 159 Å². The van der Waals surface area contributed by atoms with Crippen molar-refractivity contribution in [2.24, 2.45) is 0 Å². The number of aryl methyl sites for hydroxylation is 1. The van der Waals surface area contributed by atoms with Gasteiger partial charge in [0.15, 0.2) is 5.76 Å². The summed E-state index contributed by atoms with van der Waals surface area (Å²) >= 11 is 3.40. The molecule has 3 aromatic rings. The van der Waals surface area contributed by atoms with Crippen LogP contribution in [0.3, 0.4) is 0 Å². The van der Waals surface area contributed by atoms with E-state index in [1.165, 1.54) is 0 Å². The monoisotopic (exact) mass is 415 g/mol. The van der Waals surface area contributed by atoms with Gasteiger partial charge in [-0.15, -0.1) is 0 Å². The lowest BCUT2D eigenvalue weighted by Gasteiger charge is -2.15. The summed E-state index contributed by atoms with van der Waals surface area (Å²) in [6.45, 7) is 3.66. The Morgan fingerprint density at radius 3 is 2.58 bits per heavy atom. The molecule has 1 heterocycles. The fourth-order valence-corrected chi connectivity index (χ4v) is 3.07. The minimum absolute atomic E-state index is 0.173. The fourth-order valence-electron chi connectivity index (χ4n) is 2.65. The fraction of sp³-hybridized carbons (Fsp3) is 0.158. The zero-order valence-corrected chi connectivity index (χ0v) is 15.9. The van der Waals surface area contributed by atoms with Crippen molar-refractivity contribution in [2.45, 2.75) is 19.9 Å². The summed E-state index contributed by atoms with van der Waals surface area (Å²) in [5, 5.41) is 3.62. The van der Waals surface area contributed by atoms with Crippen LogP contribution in [-0.4, -0.2) is 11.9 Å². The van der Waals surface area contributed by atoms with Gasteiger partial charge in [-0.3, -0.25) is 10.2 Å². The van der Waals surface area contributed by atoms with Crippen molar-refractivity contribution < 1.29 is 14.0 Å². The van der Waals surface area contributed by atoms with Gasteiger partial charge in [0.1, 0.15) is 5.58 Å². The van der Waals surface area contributed by atoms with Crippen LogP contribution in [0.2, 0.25) is 0 Å². The van der Waals surface area contributed by atoms with Crippen molar-refractivity contribution in [2.75, 3.05) is 0 Å². The van der Waals surface area contributed by atoms with Gasteiger partial charge in [-0.05, 0) is 37.6 Å². The molecule has 0 bridgehead atoms. The lowest BCUT2D eigenvalue weighted by Crippen LogP contribution is -2.47. The van der Waals surface area contributed by atoms with Crippen LogP contribution in [0.25, 0.3) is 11.0 Å².